The Balaban J connectivity index is 2.08. The molecule has 0 aliphatic heterocycles. The molecule has 0 atom stereocenters. The lowest BCUT2D eigenvalue weighted by atomic mass is 10.2. The second kappa shape index (κ2) is 6.80. The predicted molar refractivity (Wildman–Crippen MR) is 85.7 cm³/mol. The summed E-state index contributed by atoms with van der Waals surface area (Å²) in [5.41, 5.74) is 1.46. The van der Waals surface area contributed by atoms with Gasteiger partial charge in [0.15, 0.2) is 5.69 Å². The maximum Gasteiger partial charge on any atom is 0.356 e. The van der Waals surface area contributed by atoms with Crippen molar-refractivity contribution in [2.75, 3.05) is 11.9 Å². The van der Waals surface area contributed by atoms with Crippen LogP contribution in [0.1, 0.15) is 35.6 Å². The van der Waals surface area contributed by atoms with Crippen LogP contribution in [0.2, 0.25) is 0 Å². The molecule has 6 nitrogen and oxygen atoms in total. The highest BCUT2D eigenvalue weighted by Gasteiger charge is 2.05. The van der Waals surface area contributed by atoms with Crippen molar-refractivity contribution in [3.05, 3.63) is 47.7 Å². The van der Waals surface area contributed by atoms with Gasteiger partial charge in [0, 0.05) is 19.3 Å². The minimum atomic E-state index is -1.09. The van der Waals surface area contributed by atoms with Gasteiger partial charge in [0.2, 0.25) is 0 Å². The summed E-state index contributed by atoms with van der Waals surface area (Å²) in [6, 6.07) is 4.31. The molecule has 1 N–H and O–H groups in total. The zero-order valence-corrected chi connectivity index (χ0v) is 12.8. The number of aromatic carboxylic acids is 1. The summed E-state index contributed by atoms with van der Waals surface area (Å²) in [7, 11) is 2.00. The molecule has 0 saturated heterocycles. The highest BCUT2D eigenvalue weighted by molar-refractivity contribution is 5.84. The maximum absolute atomic E-state index is 10.7. The van der Waals surface area contributed by atoms with E-state index in [1.807, 2.05) is 25.3 Å². The maximum atomic E-state index is 10.7. The fourth-order valence-electron chi connectivity index (χ4n) is 1.69. The molecule has 2 aromatic heterocycles. The molecule has 0 amide bonds. The third-order valence-electron chi connectivity index (χ3n) is 3.24. The third kappa shape index (κ3) is 3.88. The molecular weight excluding hydrogens is 280 g/mol. The Bertz CT molecular complexity index is 664. The van der Waals surface area contributed by atoms with Crippen molar-refractivity contribution in [2.45, 2.75) is 19.9 Å². The number of nitrogens with zero attached hydrogens (tertiary/aromatic N) is 4. The van der Waals surface area contributed by atoms with Crippen LogP contribution in [0.4, 0.5) is 5.82 Å². The molecule has 0 radical (unpaired) electrons. The summed E-state index contributed by atoms with van der Waals surface area (Å²) in [5.74, 6) is -0.171. The number of hydrogen-bond acceptors (Lipinski definition) is 5. The molecule has 0 bridgehead atoms. The van der Waals surface area contributed by atoms with Gasteiger partial charge in [-0.3, -0.25) is 4.98 Å². The Morgan fingerprint density at radius 2 is 1.91 bits per heavy atom. The monoisotopic (exact) mass is 298 g/mol. The normalized spacial score (nSPS) is 11.1. The molecule has 0 saturated carbocycles. The zero-order valence-electron chi connectivity index (χ0n) is 12.8. The van der Waals surface area contributed by atoms with Gasteiger partial charge in [-0.15, -0.1) is 0 Å². The predicted octanol–water partition coefficient (Wildman–Crippen LogP) is 2.58. The number of aromatic nitrogens is 3. The van der Waals surface area contributed by atoms with E-state index in [2.05, 4.69) is 33.7 Å². The van der Waals surface area contributed by atoms with E-state index in [4.69, 9.17) is 5.11 Å². The molecule has 0 aromatic carbocycles. The Morgan fingerprint density at radius 3 is 2.41 bits per heavy atom. The van der Waals surface area contributed by atoms with Crippen LogP contribution in [0.5, 0.6) is 0 Å². The van der Waals surface area contributed by atoms with Crippen LogP contribution in [0.15, 0.2) is 30.7 Å². The lowest BCUT2D eigenvalue weighted by Gasteiger charge is -2.22. The molecule has 2 heterocycles. The van der Waals surface area contributed by atoms with Gasteiger partial charge in [0.05, 0.1) is 18.1 Å². The highest BCUT2D eigenvalue weighted by atomic mass is 16.4. The van der Waals surface area contributed by atoms with Crippen molar-refractivity contribution in [2.24, 2.45) is 0 Å². The Kier molecular flexibility index (Phi) is 4.83. The fraction of sp³-hybridized carbons (Fsp3) is 0.250. The number of rotatable bonds is 5. The first-order valence-electron chi connectivity index (χ1n) is 6.89. The van der Waals surface area contributed by atoms with Gasteiger partial charge in [-0.1, -0.05) is 6.08 Å². The van der Waals surface area contributed by atoms with Crippen molar-refractivity contribution in [3.63, 3.8) is 0 Å². The van der Waals surface area contributed by atoms with Gasteiger partial charge in [-0.2, -0.15) is 0 Å². The van der Waals surface area contributed by atoms with Gasteiger partial charge in [0.1, 0.15) is 5.82 Å². The average molecular weight is 298 g/mol. The van der Waals surface area contributed by atoms with E-state index in [1.54, 1.807) is 12.3 Å². The largest absolute Gasteiger partial charge is 0.476 e. The lowest BCUT2D eigenvalue weighted by molar-refractivity contribution is 0.0690. The van der Waals surface area contributed by atoms with E-state index in [1.165, 1.54) is 12.4 Å². The highest BCUT2D eigenvalue weighted by Crippen LogP contribution is 2.13. The van der Waals surface area contributed by atoms with Crippen molar-refractivity contribution >= 4 is 23.9 Å². The number of anilines is 1. The summed E-state index contributed by atoms with van der Waals surface area (Å²) >= 11 is 0. The van der Waals surface area contributed by atoms with Gasteiger partial charge >= 0.3 is 5.97 Å². The van der Waals surface area contributed by atoms with Crippen LogP contribution in [0.3, 0.4) is 0 Å². The Hall–Kier alpha value is -2.76. The molecule has 0 unspecified atom stereocenters. The second-order valence-electron chi connectivity index (χ2n) is 5.12. The molecule has 6 heteroatoms. The molecule has 114 valence electrons. The Morgan fingerprint density at radius 1 is 1.14 bits per heavy atom. The summed E-state index contributed by atoms with van der Waals surface area (Å²) in [6.45, 7) is 4.21. The zero-order chi connectivity index (χ0) is 16.1. The molecule has 0 fully saturated rings. The number of carbonyl (C=O) groups is 1. The van der Waals surface area contributed by atoms with E-state index in [9.17, 15) is 4.79 Å². The molecule has 22 heavy (non-hydrogen) atoms. The van der Waals surface area contributed by atoms with Gasteiger partial charge < -0.3 is 10.0 Å². The van der Waals surface area contributed by atoms with Crippen molar-refractivity contribution < 1.29 is 9.90 Å². The van der Waals surface area contributed by atoms with Crippen molar-refractivity contribution in [1.29, 1.82) is 0 Å². The molecule has 2 aromatic rings. The van der Waals surface area contributed by atoms with Gasteiger partial charge in [-0.05, 0) is 37.6 Å². The van der Waals surface area contributed by atoms with E-state index in [0.717, 1.165) is 11.4 Å². The van der Waals surface area contributed by atoms with Gasteiger partial charge in [-0.25, -0.2) is 14.8 Å². The van der Waals surface area contributed by atoms with Crippen LogP contribution < -0.4 is 4.90 Å². The fourth-order valence-corrected chi connectivity index (χ4v) is 1.69. The van der Waals surface area contributed by atoms with Gasteiger partial charge in [0.25, 0.3) is 0 Å². The average Bonchev–Trinajstić information content (AvgIpc) is 2.53. The van der Waals surface area contributed by atoms with Crippen LogP contribution in [0.25, 0.3) is 12.2 Å². The SMILES string of the molecule is CC(C)N(C)c1ccc(/C=C/c2cnc(C(=O)O)cn2)cn1. The van der Waals surface area contributed by atoms with E-state index in [0.29, 0.717) is 11.7 Å². The first kappa shape index (κ1) is 15.6. The van der Waals surface area contributed by atoms with E-state index in [-0.39, 0.29) is 5.69 Å². The number of hydrogen-bond donors (Lipinski definition) is 1. The number of carboxylic acid groups (broad SMARTS) is 1. The summed E-state index contributed by atoms with van der Waals surface area (Å²) in [6.07, 6.45) is 8.07. The number of pyridine rings is 1. The smallest absolute Gasteiger partial charge is 0.356 e. The molecule has 2 rings (SSSR count). The van der Waals surface area contributed by atoms with Crippen LogP contribution >= 0.6 is 0 Å². The van der Waals surface area contributed by atoms with E-state index < -0.39 is 5.97 Å². The molecule has 0 aliphatic carbocycles. The quantitative estimate of drug-likeness (QED) is 0.914. The van der Waals surface area contributed by atoms with Crippen LogP contribution in [-0.4, -0.2) is 39.1 Å². The molecular formula is C16H18N4O2. The molecule has 0 spiro atoms. The minimum absolute atomic E-state index is 0.0695. The second-order valence-corrected chi connectivity index (χ2v) is 5.12. The standard InChI is InChI=1S/C16H18N4O2/c1-11(2)20(3)15-7-5-12(8-19-15)4-6-13-9-18-14(10-17-13)16(21)22/h4-11H,1-3H3,(H,21,22)/b6-4+. The van der Waals surface area contributed by atoms with Crippen molar-refractivity contribution in [1.82, 2.24) is 15.0 Å². The third-order valence-corrected chi connectivity index (χ3v) is 3.24. The lowest BCUT2D eigenvalue weighted by Crippen LogP contribution is -2.26. The van der Waals surface area contributed by atoms with E-state index >= 15 is 0 Å². The Labute approximate surface area is 129 Å². The minimum Gasteiger partial charge on any atom is -0.476 e. The van der Waals surface area contributed by atoms with Crippen LogP contribution in [-0.2, 0) is 0 Å². The first-order valence-corrected chi connectivity index (χ1v) is 6.89. The summed E-state index contributed by atoms with van der Waals surface area (Å²) in [4.78, 5) is 25.0. The topological polar surface area (TPSA) is 79.2 Å². The van der Waals surface area contributed by atoms with Crippen molar-refractivity contribution in [3.8, 4) is 0 Å². The first-order chi connectivity index (χ1) is 10.5. The molecule has 0 aliphatic rings. The number of carboxylic acids is 1. The summed E-state index contributed by atoms with van der Waals surface area (Å²) in [5, 5.41) is 8.76. The summed E-state index contributed by atoms with van der Waals surface area (Å²) < 4.78 is 0. The van der Waals surface area contributed by atoms with Crippen LogP contribution in [0, 0.1) is 0 Å².